The van der Waals surface area contributed by atoms with Crippen LogP contribution in [0.4, 0.5) is 4.39 Å². The van der Waals surface area contributed by atoms with Crippen molar-refractivity contribution < 1.29 is 13.9 Å². The summed E-state index contributed by atoms with van der Waals surface area (Å²) in [5.74, 6) is -0.749. The summed E-state index contributed by atoms with van der Waals surface area (Å²) < 4.78 is 19.9. The molecular weight excluding hydrogens is 349 g/mol. The molecule has 0 aromatic carbocycles. The number of carbonyl (C=O) groups excluding carboxylic acids is 1. The maximum absolute atomic E-state index is 14.5. The fraction of sp³-hybridized carbons (Fsp3) is 0.316. The quantitative estimate of drug-likeness (QED) is 0.827. The second kappa shape index (κ2) is 6.13. The lowest BCUT2D eigenvalue weighted by atomic mass is 9.90. The third-order valence-electron chi connectivity index (χ3n) is 4.97. The lowest BCUT2D eigenvalue weighted by Crippen LogP contribution is -2.36. The van der Waals surface area contributed by atoms with E-state index in [0.29, 0.717) is 11.3 Å². The van der Waals surface area contributed by atoms with Crippen molar-refractivity contribution in [2.75, 3.05) is 0 Å². The van der Waals surface area contributed by atoms with E-state index >= 15 is 0 Å². The van der Waals surface area contributed by atoms with Gasteiger partial charge in [0.25, 0.3) is 6.02 Å². The Hall–Kier alpha value is -3.34. The van der Waals surface area contributed by atoms with Crippen LogP contribution < -0.4 is 5.73 Å². The zero-order valence-corrected chi connectivity index (χ0v) is 14.5. The average molecular weight is 365 g/mol. The highest BCUT2D eigenvalue weighted by Gasteiger charge is 2.58. The molecule has 3 heterocycles. The molecule has 1 aliphatic heterocycles. The number of ether oxygens (including phenoxy) is 1. The highest BCUT2D eigenvalue weighted by molar-refractivity contribution is 5.95. The Balaban J connectivity index is 1.62. The first-order valence-electron chi connectivity index (χ1n) is 8.48. The number of amidine groups is 1. The molecule has 2 aromatic heterocycles. The Morgan fingerprint density at radius 2 is 2.26 bits per heavy atom. The van der Waals surface area contributed by atoms with E-state index in [1.54, 1.807) is 6.92 Å². The number of Topliss-reactive ketones (excluding diaryl/α,β-unsaturated/α-hetero) is 1. The molecule has 3 atom stereocenters. The highest BCUT2D eigenvalue weighted by Crippen LogP contribution is 2.52. The number of aliphatic imine (C=N–C) groups is 1. The standard InChI is InChI=1S/C19H16FN5O2/c1-19(12-7-16(12)27-18(22)25-19)17-13(20)4-3-11(24-17)6-15(26)14-5-2-10(8-21)9-23-14/h2-5,9,12,16H,6-7H2,1H3,(H2,22,25)/t12-,16+,19-/m1/s1. The van der Waals surface area contributed by atoms with Crippen molar-refractivity contribution in [2.45, 2.75) is 31.4 Å². The molecule has 1 fully saturated rings. The lowest BCUT2D eigenvalue weighted by molar-refractivity contribution is 0.0986. The molecule has 136 valence electrons. The molecule has 0 spiro atoms. The fourth-order valence-corrected chi connectivity index (χ4v) is 3.43. The maximum atomic E-state index is 14.5. The third kappa shape index (κ3) is 3.01. The number of halogens is 1. The van der Waals surface area contributed by atoms with Gasteiger partial charge in [-0.25, -0.2) is 9.38 Å². The molecule has 0 unspecified atom stereocenters. The van der Waals surface area contributed by atoms with Gasteiger partial charge in [0, 0.05) is 17.8 Å². The van der Waals surface area contributed by atoms with E-state index in [0.717, 1.165) is 6.42 Å². The second-order valence-electron chi connectivity index (χ2n) is 6.87. The topological polar surface area (TPSA) is 114 Å². The number of carbonyl (C=O) groups is 1. The predicted molar refractivity (Wildman–Crippen MR) is 93.1 cm³/mol. The molecule has 2 aliphatic rings. The number of nitrogens with two attached hydrogens (primary N) is 1. The van der Waals surface area contributed by atoms with Gasteiger partial charge in [0.15, 0.2) is 5.78 Å². The molecule has 0 saturated heterocycles. The molecule has 1 saturated carbocycles. The molecule has 1 aliphatic carbocycles. The summed E-state index contributed by atoms with van der Waals surface area (Å²) in [6.45, 7) is 1.78. The van der Waals surface area contributed by atoms with E-state index in [2.05, 4.69) is 15.0 Å². The summed E-state index contributed by atoms with van der Waals surface area (Å²) in [5.41, 5.74) is 5.99. The third-order valence-corrected chi connectivity index (χ3v) is 4.97. The number of nitriles is 1. The van der Waals surface area contributed by atoms with Gasteiger partial charge in [-0.3, -0.25) is 14.8 Å². The fourth-order valence-electron chi connectivity index (χ4n) is 3.43. The van der Waals surface area contributed by atoms with Crippen LogP contribution >= 0.6 is 0 Å². The largest absolute Gasteiger partial charge is 0.462 e. The van der Waals surface area contributed by atoms with Crippen LogP contribution in [0.15, 0.2) is 35.5 Å². The first kappa shape index (κ1) is 17.1. The normalized spacial score (nSPS) is 25.6. The number of ketones is 1. The molecule has 27 heavy (non-hydrogen) atoms. The molecule has 4 rings (SSSR count). The Kier molecular flexibility index (Phi) is 3.88. The van der Waals surface area contributed by atoms with Gasteiger partial charge in [0.05, 0.1) is 12.0 Å². The minimum absolute atomic E-state index is 0.0120. The molecule has 0 bridgehead atoms. The number of hydrogen-bond acceptors (Lipinski definition) is 7. The van der Waals surface area contributed by atoms with E-state index in [4.69, 9.17) is 15.7 Å². The van der Waals surface area contributed by atoms with E-state index < -0.39 is 11.4 Å². The van der Waals surface area contributed by atoms with Crippen LogP contribution in [0, 0.1) is 23.1 Å². The van der Waals surface area contributed by atoms with Gasteiger partial charge in [-0.2, -0.15) is 5.26 Å². The number of fused-ring (bicyclic) bond motifs is 1. The van der Waals surface area contributed by atoms with Crippen molar-refractivity contribution in [2.24, 2.45) is 16.6 Å². The smallest absolute Gasteiger partial charge is 0.283 e. The van der Waals surface area contributed by atoms with Gasteiger partial charge >= 0.3 is 0 Å². The van der Waals surface area contributed by atoms with E-state index in [1.807, 2.05) is 6.07 Å². The minimum Gasteiger partial charge on any atom is -0.462 e. The van der Waals surface area contributed by atoms with Crippen LogP contribution in [-0.2, 0) is 16.7 Å². The summed E-state index contributed by atoms with van der Waals surface area (Å²) >= 11 is 0. The summed E-state index contributed by atoms with van der Waals surface area (Å²) in [7, 11) is 0. The first-order valence-corrected chi connectivity index (χ1v) is 8.48. The van der Waals surface area contributed by atoms with Gasteiger partial charge in [-0.05, 0) is 37.6 Å². The van der Waals surface area contributed by atoms with Crippen molar-refractivity contribution >= 4 is 11.8 Å². The number of aromatic nitrogens is 2. The van der Waals surface area contributed by atoms with Crippen LogP contribution in [0.1, 0.15) is 40.8 Å². The summed E-state index contributed by atoms with van der Waals surface area (Å²) in [6, 6.07) is 7.76. The summed E-state index contributed by atoms with van der Waals surface area (Å²) in [4.78, 5) is 25.1. The van der Waals surface area contributed by atoms with Crippen LogP contribution in [0.25, 0.3) is 0 Å². The van der Waals surface area contributed by atoms with Gasteiger partial charge in [-0.1, -0.05) is 0 Å². The van der Waals surface area contributed by atoms with Crippen LogP contribution in [0.2, 0.25) is 0 Å². The van der Waals surface area contributed by atoms with Crippen molar-refractivity contribution in [3.05, 3.63) is 58.9 Å². The van der Waals surface area contributed by atoms with Crippen molar-refractivity contribution in [3.63, 3.8) is 0 Å². The summed E-state index contributed by atoms with van der Waals surface area (Å²) in [5, 5.41) is 8.80. The Morgan fingerprint density at radius 1 is 1.44 bits per heavy atom. The van der Waals surface area contributed by atoms with Crippen LogP contribution in [0.5, 0.6) is 0 Å². The zero-order valence-electron chi connectivity index (χ0n) is 14.5. The number of pyridine rings is 2. The molecule has 0 amide bonds. The van der Waals surface area contributed by atoms with E-state index in [-0.39, 0.29) is 41.6 Å². The SMILES string of the molecule is C[C@@]1(c2nc(CC(=O)c3ccc(C#N)cn3)ccc2F)N=C(N)O[C@H]2C[C@H]21. The van der Waals surface area contributed by atoms with Crippen molar-refractivity contribution in [3.8, 4) is 6.07 Å². The van der Waals surface area contributed by atoms with Crippen LogP contribution in [0.3, 0.4) is 0 Å². The minimum atomic E-state index is -0.914. The van der Waals surface area contributed by atoms with Crippen molar-refractivity contribution in [1.29, 1.82) is 5.26 Å². The second-order valence-corrected chi connectivity index (χ2v) is 6.87. The Labute approximate surface area is 154 Å². The monoisotopic (exact) mass is 365 g/mol. The van der Waals surface area contributed by atoms with Gasteiger partial charge in [0.1, 0.15) is 34.9 Å². The first-order chi connectivity index (χ1) is 12.9. The molecule has 2 N–H and O–H groups in total. The zero-order chi connectivity index (χ0) is 19.2. The maximum Gasteiger partial charge on any atom is 0.283 e. The predicted octanol–water partition coefficient (Wildman–Crippen LogP) is 1.86. The molecule has 2 aromatic rings. The van der Waals surface area contributed by atoms with E-state index in [9.17, 15) is 9.18 Å². The van der Waals surface area contributed by atoms with Crippen LogP contribution in [-0.4, -0.2) is 27.9 Å². The van der Waals surface area contributed by atoms with Gasteiger partial charge in [-0.15, -0.1) is 0 Å². The van der Waals surface area contributed by atoms with Gasteiger partial charge < -0.3 is 10.5 Å². The van der Waals surface area contributed by atoms with E-state index in [1.165, 1.54) is 30.5 Å². The number of nitrogens with zero attached hydrogens (tertiary/aromatic N) is 4. The van der Waals surface area contributed by atoms with Crippen molar-refractivity contribution in [1.82, 2.24) is 9.97 Å². The summed E-state index contributed by atoms with van der Waals surface area (Å²) in [6.07, 6.45) is 1.97. The van der Waals surface area contributed by atoms with Gasteiger partial charge in [0.2, 0.25) is 0 Å². The molecular formula is C19H16FN5O2. The molecule has 8 heteroatoms. The molecule has 0 radical (unpaired) electrons. The molecule has 7 nitrogen and oxygen atoms in total. The Bertz CT molecular complexity index is 998. The number of hydrogen-bond donors (Lipinski definition) is 1. The average Bonchev–Trinajstić information content (AvgIpc) is 3.43. The Morgan fingerprint density at radius 3 is 2.96 bits per heavy atom. The number of rotatable bonds is 4. The lowest BCUT2D eigenvalue weighted by Gasteiger charge is -2.29. The highest BCUT2D eigenvalue weighted by atomic mass is 19.1.